The highest BCUT2D eigenvalue weighted by atomic mass is 15.3. The maximum atomic E-state index is 4.54. The predicted molar refractivity (Wildman–Crippen MR) is 70.2 cm³/mol. The standard InChI is InChI=1S/C14H18N4/c1-2-5-13(6-3-1)14-15-8-10-17(14)11-12-18-9-4-7-16-18/h1-2,4,7-10,13H,3,5-6,11-12H2. The number of rotatable bonds is 4. The van der Waals surface area contributed by atoms with Crippen molar-refractivity contribution in [2.45, 2.75) is 38.3 Å². The molecular weight excluding hydrogens is 224 g/mol. The number of imidazole rings is 1. The van der Waals surface area contributed by atoms with E-state index in [9.17, 15) is 0 Å². The van der Waals surface area contributed by atoms with Gasteiger partial charge in [0.15, 0.2) is 0 Å². The van der Waals surface area contributed by atoms with Gasteiger partial charge in [0.25, 0.3) is 0 Å². The molecule has 3 rings (SSSR count). The van der Waals surface area contributed by atoms with Crippen LogP contribution in [0.4, 0.5) is 0 Å². The van der Waals surface area contributed by atoms with E-state index in [1.807, 2.05) is 29.3 Å². The van der Waals surface area contributed by atoms with Gasteiger partial charge < -0.3 is 4.57 Å². The highest BCUT2D eigenvalue weighted by Gasteiger charge is 2.17. The van der Waals surface area contributed by atoms with Crippen LogP contribution in [0.5, 0.6) is 0 Å². The number of hydrogen-bond acceptors (Lipinski definition) is 2. The van der Waals surface area contributed by atoms with Gasteiger partial charge in [-0.15, -0.1) is 0 Å². The second-order valence-corrected chi connectivity index (χ2v) is 4.73. The van der Waals surface area contributed by atoms with E-state index in [1.54, 1.807) is 0 Å². The fraction of sp³-hybridized carbons (Fsp3) is 0.429. The molecule has 0 amide bonds. The molecule has 0 N–H and O–H groups in total. The number of hydrogen-bond donors (Lipinski definition) is 0. The molecule has 0 saturated carbocycles. The van der Waals surface area contributed by atoms with Gasteiger partial charge in [0.2, 0.25) is 0 Å². The van der Waals surface area contributed by atoms with Gasteiger partial charge in [-0.25, -0.2) is 4.98 Å². The first-order chi connectivity index (χ1) is 8.93. The quantitative estimate of drug-likeness (QED) is 0.773. The fourth-order valence-electron chi connectivity index (χ4n) is 2.54. The zero-order valence-corrected chi connectivity index (χ0v) is 10.4. The molecule has 0 saturated heterocycles. The van der Waals surface area contributed by atoms with Crippen LogP contribution in [0.15, 0.2) is 43.0 Å². The minimum absolute atomic E-state index is 0.586. The Kier molecular flexibility index (Phi) is 3.26. The molecule has 0 aliphatic heterocycles. The van der Waals surface area contributed by atoms with Crippen LogP contribution in [0, 0.1) is 0 Å². The molecule has 1 atom stereocenters. The Morgan fingerprint density at radius 1 is 1.17 bits per heavy atom. The number of aromatic nitrogens is 4. The van der Waals surface area contributed by atoms with Crippen LogP contribution in [0.3, 0.4) is 0 Å². The zero-order chi connectivity index (χ0) is 12.2. The monoisotopic (exact) mass is 242 g/mol. The summed E-state index contributed by atoms with van der Waals surface area (Å²) >= 11 is 0. The Bertz CT molecular complexity index is 510. The van der Waals surface area contributed by atoms with Crippen molar-refractivity contribution >= 4 is 0 Å². The lowest BCUT2D eigenvalue weighted by atomic mass is 9.94. The van der Waals surface area contributed by atoms with E-state index in [1.165, 1.54) is 18.7 Å². The normalized spacial score (nSPS) is 19.2. The summed E-state index contributed by atoms with van der Waals surface area (Å²) in [6, 6.07) is 1.96. The molecule has 0 fully saturated rings. The van der Waals surface area contributed by atoms with Crippen LogP contribution in [0.2, 0.25) is 0 Å². The summed E-state index contributed by atoms with van der Waals surface area (Å²) in [7, 11) is 0. The summed E-state index contributed by atoms with van der Waals surface area (Å²) in [5.41, 5.74) is 0. The third-order valence-corrected chi connectivity index (χ3v) is 3.51. The molecule has 0 aromatic carbocycles. The molecule has 94 valence electrons. The van der Waals surface area contributed by atoms with Gasteiger partial charge in [-0.3, -0.25) is 4.68 Å². The lowest BCUT2D eigenvalue weighted by Crippen LogP contribution is -2.13. The van der Waals surface area contributed by atoms with Gasteiger partial charge in [0.05, 0.1) is 6.54 Å². The molecule has 2 aromatic heterocycles. The molecule has 1 aliphatic rings. The summed E-state index contributed by atoms with van der Waals surface area (Å²) in [4.78, 5) is 4.54. The molecule has 4 heteroatoms. The summed E-state index contributed by atoms with van der Waals surface area (Å²) in [5.74, 6) is 1.81. The molecule has 4 nitrogen and oxygen atoms in total. The molecule has 0 radical (unpaired) electrons. The Labute approximate surface area is 107 Å². The summed E-state index contributed by atoms with van der Waals surface area (Å²) in [5, 5.41) is 4.23. The smallest absolute Gasteiger partial charge is 0.112 e. The second kappa shape index (κ2) is 5.21. The number of aryl methyl sites for hydroxylation is 2. The van der Waals surface area contributed by atoms with Gasteiger partial charge in [0.1, 0.15) is 5.82 Å². The molecule has 0 spiro atoms. The van der Waals surface area contributed by atoms with Crippen molar-refractivity contribution in [2.24, 2.45) is 0 Å². The lowest BCUT2D eigenvalue weighted by Gasteiger charge is -2.18. The van der Waals surface area contributed by atoms with Crippen LogP contribution in [-0.2, 0) is 13.1 Å². The largest absolute Gasteiger partial charge is 0.333 e. The van der Waals surface area contributed by atoms with Crippen LogP contribution in [0.25, 0.3) is 0 Å². The maximum Gasteiger partial charge on any atom is 0.112 e. The van der Waals surface area contributed by atoms with E-state index in [4.69, 9.17) is 0 Å². The summed E-state index contributed by atoms with van der Waals surface area (Å²) in [6.07, 6.45) is 15.9. The van der Waals surface area contributed by atoms with E-state index < -0.39 is 0 Å². The molecule has 2 heterocycles. The van der Waals surface area contributed by atoms with Crippen molar-refractivity contribution in [1.29, 1.82) is 0 Å². The van der Waals surface area contributed by atoms with E-state index in [0.717, 1.165) is 19.5 Å². The van der Waals surface area contributed by atoms with E-state index in [2.05, 4.69) is 33.0 Å². The van der Waals surface area contributed by atoms with Crippen LogP contribution in [-0.4, -0.2) is 19.3 Å². The van der Waals surface area contributed by atoms with E-state index >= 15 is 0 Å². The first-order valence-corrected chi connectivity index (χ1v) is 6.57. The average Bonchev–Trinajstić information content (AvgIpc) is 3.09. The van der Waals surface area contributed by atoms with Crippen molar-refractivity contribution in [2.75, 3.05) is 0 Å². The predicted octanol–water partition coefficient (Wildman–Crippen LogP) is 2.60. The van der Waals surface area contributed by atoms with Crippen molar-refractivity contribution in [3.05, 3.63) is 48.8 Å². The molecular formula is C14H18N4. The van der Waals surface area contributed by atoms with E-state index in [-0.39, 0.29) is 0 Å². The van der Waals surface area contributed by atoms with E-state index in [0.29, 0.717) is 5.92 Å². The second-order valence-electron chi connectivity index (χ2n) is 4.73. The van der Waals surface area contributed by atoms with Gasteiger partial charge in [-0.1, -0.05) is 12.2 Å². The molecule has 2 aromatic rings. The topological polar surface area (TPSA) is 35.6 Å². The summed E-state index contributed by atoms with van der Waals surface area (Å²) in [6.45, 7) is 1.84. The van der Waals surface area contributed by atoms with Gasteiger partial charge >= 0.3 is 0 Å². The van der Waals surface area contributed by atoms with Gasteiger partial charge in [-0.05, 0) is 25.3 Å². The molecule has 18 heavy (non-hydrogen) atoms. The molecule has 1 aliphatic carbocycles. The zero-order valence-electron chi connectivity index (χ0n) is 10.4. The first-order valence-electron chi connectivity index (χ1n) is 6.57. The fourth-order valence-corrected chi connectivity index (χ4v) is 2.54. The minimum atomic E-state index is 0.586. The third kappa shape index (κ3) is 2.37. The highest BCUT2D eigenvalue weighted by Crippen LogP contribution is 2.27. The highest BCUT2D eigenvalue weighted by molar-refractivity contribution is 5.07. The maximum absolute atomic E-state index is 4.54. The third-order valence-electron chi connectivity index (χ3n) is 3.51. The van der Waals surface area contributed by atoms with Crippen molar-refractivity contribution in [3.8, 4) is 0 Å². The van der Waals surface area contributed by atoms with Crippen LogP contribution in [0.1, 0.15) is 31.0 Å². The molecule has 1 unspecified atom stereocenters. The van der Waals surface area contributed by atoms with Crippen LogP contribution < -0.4 is 0 Å². The minimum Gasteiger partial charge on any atom is -0.333 e. The van der Waals surface area contributed by atoms with Crippen LogP contribution >= 0.6 is 0 Å². The number of allylic oxidation sites excluding steroid dienone is 2. The lowest BCUT2D eigenvalue weighted by molar-refractivity contribution is 0.487. The van der Waals surface area contributed by atoms with Crippen molar-refractivity contribution in [1.82, 2.24) is 19.3 Å². The first kappa shape index (κ1) is 11.3. The Morgan fingerprint density at radius 2 is 2.17 bits per heavy atom. The van der Waals surface area contributed by atoms with Crippen molar-refractivity contribution < 1.29 is 0 Å². The molecule has 0 bridgehead atoms. The number of nitrogens with zero attached hydrogens (tertiary/aromatic N) is 4. The van der Waals surface area contributed by atoms with Crippen molar-refractivity contribution in [3.63, 3.8) is 0 Å². The average molecular weight is 242 g/mol. The Morgan fingerprint density at radius 3 is 2.94 bits per heavy atom. The SMILES string of the molecule is C1=CCC(c2nccn2CCn2cccn2)CC1. The summed E-state index contributed by atoms with van der Waals surface area (Å²) < 4.78 is 4.23. The Hall–Kier alpha value is -1.84. The van der Waals surface area contributed by atoms with Gasteiger partial charge in [-0.2, -0.15) is 5.10 Å². The Balaban J connectivity index is 1.69. The van der Waals surface area contributed by atoms with Gasteiger partial charge in [0, 0.05) is 37.3 Å².